The third-order valence-electron chi connectivity index (χ3n) is 1.39. The molecule has 6 heteroatoms. The maximum absolute atomic E-state index is 9.46. The molecule has 0 aliphatic carbocycles. The molecule has 0 spiro atoms. The average Bonchev–Trinajstić information content (AvgIpc) is 1.97. The number of anilines is 2. The summed E-state index contributed by atoms with van der Waals surface area (Å²) in [6.07, 6.45) is 0. The fourth-order valence-electron chi connectivity index (χ4n) is 0.809. The van der Waals surface area contributed by atoms with E-state index in [-0.39, 0.29) is 0 Å². The highest BCUT2D eigenvalue weighted by Gasteiger charge is 2.12. The van der Waals surface area contributed by atoms with Gasteiger partial charge in [-0.25, -0.2) is 4.98 Å². The molecule has 1 heterocycles. The third kappa shape index (κ3) is 3.89. The first-order valence-corrected chi connectivity index (χ1v) is 4.92. The Labute approximate surface area is 90.9 Å². The number of rotatable bonds is 3. The van der Waals surface area contributed by atoms with Crippen LogP contribution in [0.5, 0.6) is 0 Å². The number of nitrogens with two attached hydrogens (primary N) is 1. The lowest BCUT2D eigenvalue weighted by atomic mass is 10.1. The van der Waals surface area contributed by atoms with Crippen molar-refractivity contribution < 1.29 is 5.11 Å². The lowest BCUT2D eigenvalue weighted by Crippen LogP contribution is -2.30. The Morgan fingerprint density at radius 3 is 2.71 bits per heavy atom. The minimum Gasteiger partial charge on any atom is -0.389 e. The minimum absolute atomic E-state index is 0.364. The molecule has 1 aromatic heterocycles. The summed E-state index contributed by atoms with van der Waals surface area (Å²) in [5, 5.41) is 12.3. The van der Waals surface area contributed by atoms with Crippen LogP contribution in [0, 0.1) is 0 Å². The van der Waals surface area contributed by atoms with Crippen LogP contribution in [0.4, 0.5) is 11.8 Å². The molecule has 14 heavy (non-hydrogen) atoms. The summed E-state index contributed by atoms with van der Waals surface area (Å²) in [4.78, 5) is 7.99. The predicted octanol–water partition coefficient (Wildman–Crippen LogP) is 1.00. The zero-order valence-electron chi connectivity index (χ0n) is 8.08. The lowest BCUT2D eigenvalue weighted by Gasteiger charge is -2.17. The van der Waals surface area contributed by atoms with Crippen molar-refractivity contribution in [3.8, 4) is 0 Å². The Morgan fingerprint density at radius 1 is 1.57 bits per heavy atom. The van der Waals surface area contributed by atoms with Gasteiger partial charge in [-0.1, -0.05) is 0 Å². The van der Waals surface area contributed by atoms with Gasteiger partial charge < -0.3 is 16.2 Å². The van der Waals surface area contributed by atoms with Gasteiger partial charge in [0.1, 0.15) is 10.4 Å². The molecule has 0 aromatic carbocycles. The second-order valence-electron chi connectivity index (χ2n) is 3.61. The highest BCUT2D eigenvalue weighted by atomic mass is 79.9. The van der Waals surface area contributed by atoms with E-state index in [1.807, 2.05) is 0 Å². The van der Waals surface area contributed by atoms with E-state index in [2.05, 4.69) is 31.2 Å². The first-order chi connectivity index (χ1) is 6.37. The van der Waals surface area contributed by atoms with Crippen LogP contribution < -0.4 is 11.1 Å². The van der Waals surface area contributed by atoms with Crippen LogP contribution in [-0.2, 0) is 0 Å². The van der Waals surface area contributed by atoms with Gasteiger partial charge in [-0.2, -0.15) is 4.98 Å². The van der Waals surface area contributed by atoms with E-state index in [1.165, 1.54) is 0 Å². The summed E-state index contributed by atoms with van der Waals surface area (Å²) in [6, 6.07) is 1.61. The normalized spacial score (nSPS) is 11.4. The Balaban J connectivity index is 2.68. The molecule has 0 aliphatic heterocycles. The van der Waals surface area contributed by atoms with Gasteiger partial charge in [-0.3, -0.25) is 0 Å². The standard InChI is InChI=1S/C8H13BrN4O/c1-8(2,14)4-11-7-12-5(9)3-6(10)13-7/h3,14H,4H2,1-2H3,(H3,10,11,12,13). The number of hydrogen-bond donors (Lipinski definition) is 3. The second kappa shape index (κ2) is 4.10. The number of halogens is 1. The number of hydrogen-bond acceptors (Lipinski definition) is 5. The van der Waals surface area contributed by atoms with E-state index in [4.69, 9.17) is 5.73 Å². The maximum Gasteiger partial charge on any atom is 0.225 e. The van der Waals surface area contributed by atoms with E-state index in [0.29, 0.717) is 22.9 Å². The maximum atomic E-state index is 9.46. The molecule has 78 valence electrons. The van der Waals surface area contributed by atoms with Crippen LogP contribution >= 0.6 is 15.9 Å². The van der Waals surface area contributed by atoms with Crippen molar-refractivity contribution in [2.45, 2.75) is 19.4 Å². The van der Waals surface area contributed by atoms with E-state index >= 15 is 0 Å². The quantitative estimate of drug-likeness (QED) is 0.707. The molecule has 4 N–H and O–H groups in total. The van der Waals surface area contributed by atoms with Crippen LogP contribution in [0.3, 0.4) is 0 Å². The SMILES string of the molecule is CC(C)(O)CNc1nc(N)cc(Br)n1. The van der Waals surface area contributed by atoms with Gasteiger partial charge in [0.2, 0.25) is 5.95 Å². The molecular formula is C8H13BrN4O. The number of aromatic nitrogens is 2. The fraction of sp³-hybridized carbons (Fsp3) is 0.500. The van der Waals surface area contributed by atoms with Gasteiger partial charge >= 0.3 is 0 Å². The molecule has 1 rings (SSSR count). The molecule has 0 amide bonds. The zero-order valence-corrected chi connectivity index (χ0v) is 9.67. The fourth-order valence-corrected chi connectivity index (χ4v) is 1.21. The Hall–Kier alpha value is -0.880. The summed E-state index contributed by atoms with van der Waals surface area (Å²) in [6.45, 7) is 3.76. The van der Waals surface area contributed by atoms with Gasteiger partial charge in [0.05, 0.1) is 5.60 Å². The van der Waals surface area contributed by atoms with Crippen molar-refractivity contribution in [2.75, 3.05) is 17.6 Å². The molecule has 0 bridgehead atoms. The summed E-state index contributed by atoms with van der Waals surface area (Å²) >= 11 is 3.20. The molecule has 0 atom stereocenters. The minimum atomic E-state index is -0.805. The molecule has 0 radical (unpaired) electrons. The molecule has 0 saturated carbocycles. The van der Waals surface area contributed by atoms with E-state index in [0.717, 1.165) is 0 Å². The number of nitrogen functional groups attached to an aromatic ring is 1. The van der Waals surface area contributed by atoms with Crippen LogP contribution in [0.25, 0.3) is 0 Å². The topological polar surface area (TPSA) is 84.1 Å². The van der Waals surface area contributed by atoms with Crippen LogP contribution in [0.2, 0.25) is 0 Å². The van der Waals surface area contributed by atoms with Gasteiger partial charge in [0.15, 0.2) is 0 Å². The third-order valence-corrected chi connectivity index (χ3v) is 1.80. The summed E-state index contributed by atoms with van der Waals surface area (Å²) in [5.41, 5.74) is 4.71. The van der Waals surface area contributed by atoms with Crippen molar-refractivity contribution in [1.82, 2.24) is 9.97 Å². The van der Waals surface area contributed by atoms with E-state index in [1.54, 1.807) is 19.9 Å². The van der Waals surface area contributed by atoms with Gasteiger partial charge in [-0.15, -0.1) is 0 Å². The average molecular weight is 261 g/mol. The van der Waals surface area contributed by atoms with Crippen LogP contribution in [0.15, 0.2) is 10.7 Å². The number of nitrogens with zero attached hydrogens (tertiary/aromatic N) is 2. The first-order valence-electron chi connectivity index (χ1n) is 4.13. The summed E-state index contributed by atoms with van der Waals surface area (Å²) < 4.78 is 0.614. The lowest BCUT2D eigenvalue weighted by molar-refractivity contribution is 0.0943. The van der Waals surface area contributed by atoms with Crippen molar-refractivity contribution in [1.29, 1.82) is 0 Å². The monoisotopic (exact) mass is 260 g/mol. The molecule has 5 nitrogen and oxygen atoms in total. The molecule has 0 unspecified atom stereocenters. The molecule has 1 aromatic rings. The molecule has 0 aliphatic rings. The van der Waals surface area contributed by atoms with Gasteiger partial charge in [0.25, 0.3) is 0 Å². The van der Waals surface area contributed by atoms with Crippen molar-refractivity contribution >= 4 is 27.7 Å². The van der Waals surface area contributed by atoms with Gasteiger partial charge in [-0.05, 0) is 29.8 Å². The van der Waals surface area contributed by atoms with Crippen LogP contribution in [-0.4, -0.2) is 27.2 Å². The van der Waals surface area contributed by atoms with E-state index < -0.39 is 5.60 Å². The first kappa shape index (κ1) is 11.2. The molecular weight excluding hydrogens is 248 g/mol. The number of aliphatic hydroxyl groups is 1. The van der Waals surface area contributed by atoms with Crippen molar-refractivity contribution in [3.05, 3.63) is 10.7 Å². The zero-order chi connectivity index (χ0) is 10.8. The Morgan fingerprint density at radius 2 is 2.21 bits per heavy atom. The highest BCUT2D eigenvalue weighted by molar-refractivity contribution is 9.10. The Kier molecular flexibility index (Phi) is 3.28. The summed E-state index contributed by atoms with van der Waals surface area (Å²) in [7, 11) is 0. The summed E-state index contributed by atoms with van der Waals surface area (Å²) in [5.74, 6) is 0.782. The smallest absolute Gasteiger partial charge is 0.225 e. The van der Waals surface area contributed by atoms with Gasteiger partial charge in [0, 0.05) is 12.6 Å². The van der Waals surface area contributed by atoms with Crippen molar-refractivity contribution in [3.63, 3.8) is 0 Å². The van der Waals surface area contributed by atoms with E-state index in [9.17, 15) is 5.11 Å². The predicted molar refractivity (Wildman–Crippen MR) is 58.9 cm³/mol. The Bertz CT molecular complexity index is 303. The highest BCUT2D eigenvalue weighted by Crippen LogP contribution is 2.13. The second-order valence-corrected chi connectivity index (χ2v) is 4.42. The largest absolute Gasteiger partial charge is 0.389 e. The van der Waals surface area contributed by atoms with Crippen LogP contribution in [0.1, 0.15) is 13.8 Å². The molecule has 0 fully saturated rings. The number of nitrogens with one attached hydrogen (secondary N) is 1. The van der Waals surface area contributed by atoms with Crippen molar-refractivity contribution in [2.24, 2.45) is 0 Å². The molecule has 0 saturated heterocycles.